The average molecular weight is 659 g/mol. The first kappa shape index (κ1) is 37.3. The normalized spacial score (nSPS) is 20.8. The number of imide groups is 1. The van der Waals surface area contributed by atoms with Crippen molar-refractivity contribution in [2.24, 2.45) is 0 Å². The largest absolute Gasteiger partial charge is 0.480 e. The minimum absolute atomic E-state index is 0.0393. The number of hydrogen-bond donors (Lipinski definition) is 1. The topological polar surface area (TPSA) is 123 Å². The fourth-order valence-electron chi connectivity index (χ4n) is 5.64. The third-order valence-corrected chi connectivity index (χ3v) is 11.2. The van der Waals surface area contributed by atoms with Gasteiger partial charge in [0.05, 0.1) is 6.61 Å². The van der Waals surface area contributed by atoms with Gasteiger partial charge in [-0.05, 0) is 96.9 Å². The molecule has 1 heterocycles. The van der Waals surface area contributed by atoms with Gasteiger partial charge >= 0.3 is 18.2 Å². The van der Waals surface area contributed by atoms with Crippen LogP contribution in [-0.4, -0.2) is 81.8 Å². The van der Waals surface area contributed by atoms with Crippen LogP contribution in [0.4, 0.5) is 9.59 Å². The molecule has 0 aliphatic carbocycles. The first-order chi connectivity index (χ1) is 21.5. The number of benzene rings is 2. The lowest BCUT2D eigenvalue weighted by molar-refractivity contribution is -0.141. The van der Waals surface area contributed by atoms with Crippen LogP contribution in [0.3, 0.4) is 0 Å². The van der Waals surface area contributed by atoms with Crippen molar-refractivity contribution in [3.05, 3.63) is 60.2 Å². The molecule has 0 saturated carbocycles. The Hall–Kier alpha value is -3.20. The lowest BCUT2D eigenvalue weighted by atomic mass is 9.96. The summed E-state index contributed by atoms with van der Waals surface area (Å²) in [7, 11) is -3.65. The number of ether oxygens (including phenoxy) is 2. The van der Waals surface area contributed by atoms with E-state index in [9.17, 15) is 24.1 Å². The van der Waals surface area contributed by atoms with Gasteiger partial charge in [-0.1, -0.05) is 48.5 Å². The van der Waals surface area contributed by atoms with Crippen LogP contribution in [0.2, 0.25) is 0 Å². The third kappa shape index (κ3) is 10.1. The van der Waals surface area contributed by atoms with E-state index in [0.29, 0.717) is 26.1 Å². The van der Waals surface area contributed by atoms with Crippen LogP contribution in [0.1, 0.15) is 79.7 Å². The molecule has 2 aromatic carbocycles. The van der Waals surface area contributed by atoms with Gasteiger partial charge in [0.25, 0.3) is 0 Å². The van der Waals surface area contributed by atoms with E-state index >= 15 is 0 Å². The molecule has 254 valence electrons. The fraction of sp³-hybridized carbons (Fsp3) is 0.571. The van der Waals surface area contributed by atoms with Gasteiger partial charge in [-0.15, -0.1) is 0 Å². The van der Waals surface area contributed by atoms with Crippen LogP contribution < -0.4 is 0 Å². The molecule has 0 aromatic heterocycles. The summed E-state index contributed by atoms with van der Waals surface area (Å²) >= 11 is 0. The minimum atomic E-state index is -3.65. The maximum absolute atomic E-state index is 14.5. The van der Waals surface area contributed by atoms with E-state index in [1.165, 1.54) is 0 Å². The van der Waals surface area contributed by atoms with Gasteiger partial charge in [-0.3, -0.25) is 14.3 Å². The maximum Gasteiger partial charge on any atom is 0.419 e. The van der Waals surface area contributed by atoms with E-state index in [2.05, 4.69) is 29.2 Å². The number of carboxylic acids is 1. The van der Waals surface area contributed by atoms with Crippen molar-refractivity contribution in [3.63, 3.8) is 0 Å². The van der Waals surface area contributed by atoms with Crippen molar-refractivity contribution in [2.45, 2.75) is 97.1 Å². The highest BCUT2D eigenvalue weighted by molar-refractivity contribution is 7.61. The molecule has 3 rings (SSSR count). The van der Waals surface area contributed by atoms with Crippen molar-refractivity contribution in [2.75, 3.05) is 32.4 Å². The molecule has 1 saturated heterocycles. The van der Waals surface area contributed by atoms with Gasteiger partial charge in [-0.2, -0.15) is 0 Å². The molecule has 1 aliphatic rings. The van der Waals surface area contributed by atoms with E-state index in [0.717, 1.165) is 21.6 Å². The zero-order valence-corrected chi connectivity index (χ0v) is 29.3. The molecule has 1 N–H and O–H groups in total. The average Bonchev–Trinajstić information content (AvgIpc) is 3.09. The minimum Gasteiger partial charge on any atom is -0.480 e. The van der Waals surface area contributed by atoms with Crippen molar-refractivity contribution in [1.29, 1.82) is 0 Å². The molecule has 0 spiro atoms. The molecular weight excluding hydrogens is 607 g/mol. The summed E-state index contributed by atoms with van der Waals surface area (Å²) in [5.41, 5.74) is 1.63. The summed E-state index contributed by atoms with van der Waals surface area (Å²) in [6, 6.07) is 18.4. The standard InChI is InChI=1S/C35H51N2O8P/c1-8-43-46(42)24-23-36(26-27-15-14-18-29(25-27)28-16-10-9-11-17-28)22-20-35(46,30(38)39)19-12-13-21-37(31(40)44-33(2,3)4)32(41)45-34(5,6)7/h9-11,14-18,25H,8,12-13,19-24,26H2,1-7H3,(H,38,39). The molecule has 2 aromatic rings. The van der Waals surface area contributed by atoms with Crippen LogP contribution in [0, 0.1) is 0 Å². The molecule has 11 heteroatoms. The Bertz CT molecular complexity index is 1360. The highest BCUT2D eigenvalue weighted by Gasteiger charge is 2.55. The maximum atomic E-state index is 14.5. The Kier molecular flexibility index (Phi) is 12.6. The van der Waals surface area contributed by atoms with Crippen LogP contribution in [0.15, 0.2) is 54.6 Å². The lowest BCUT2D eigenvalue weighted by Gasteiger charge is -2.35. The summed E-state index contributed by atoms with van der Waals surface area (Å²) in [5.74, 6) is -1.15. The zero-order chi connectivity index (χ0) is 34.2. The van der Waals surface area contributed by atoms with E-state index in [4.69, 9.17) is 14.0 Å². The summed E-state index contributed by atoms with van der Waals surface area (Å²) in [4.78, 5) is 41.9. The van der Waals surface area contributed by atoms with Crippen molar-refractivity contribution in [1.82, 2.24) is 9.80 Å². The van der Waals surface area contributed by atoms with Crippen LogP contribution >= 0.6 is 7.37 Å². The predicted octanol–water partition coefficient (Wildman–Crippen LogP) is 8.04. The molecule has 46 heavy (non-hydrogen) atoms. The predicted molar refractivity (Wildman–Crippen MR) is 179 cm³/mol. The second-order valence-electron chi connectivity index (χ2n) is 13.8. The van der Waals surface area contributed by atoms with E-state index in [1.54, 1.807) is 48.5 Å². The first-order valence-electron chi connectivity index (χ1n) is 16.1. The van der Waals surface area contributed by atoms with Crippen molar-refractivity contribution >= 4 is 25.5 Å². The number of aliphatic carboxylic acids is 1. The van der Waals surface area contributed by atoms with Gasteiger partial charge < -0.3 is 19.1 Å². The molecule has 1 aliphatic heterocycles. The summed E-state index contributed by atoms with van der Waals surface area (Å²) < 4.78 is 31.2. The number of carboxylic acid groups (broad SMARTS) is 1. The number of rotatable bonds is 11. The fourth-order valence-corrected chi connectivity index (χ4v) is 8.64. The number of carbonyl (C=O) groups excluding carboxylic acids is 2. The zero-order valence-electron chi connectivity index (χ0n) is 28.4. The highest BCUT2D eigenvalue weighted by atomic mass is 31.2. The van der Waals surface area contributed by atoms with Crippen molar-refractivity contribution in [3.8, 4) is 11.1 Å². The molecular formula is C35H51N2O8P. The van der Waals surface area contributed by atoms with E-state index in [-0.39, 0.29) is 38.6 Å². The third-order valence-electron chi connectivity index (χ3n) is 7.83. The molecule has 0 radical (unpaired) electrons. The van der Waals surface area contributed by atoms with Gasteiger partial charge in [-0.25, -0.2) is 14.5 Å². The highest BCUT2D eigenvalue weighted by Crippen LogP contribution is 2.63. The summed E-state index contributed by atoms with van der Waals surface area (Å²) in [5, 5.41) is 9.03. The molecule has 10 nitrogen and oxygen atoms in total. The molecule has 1 fully saturated rings. The van der Waals surface area contributed by atoms with E-state index < -0.39 is 41.9 Å². The SMILES string of the molecule is CCOP1(=O)CCN(Cc2cccc(-c3ccccc3)c2)CCC1(CCCCN(C(=O)OC(C)(C)C)C(=O)OC(C)(C)C)C(=O)O. The Morgan fingerprint density at radius 3 is 2.07 bits per heavy atom. The van der Waals surface area contributed by atoms with Gasteiger partial charge in [0.2, 0.25) is 7.37 Å². The number of amides is 2. The number of carbonyl (C=O) groups is 3. The quantitative estimate of drug-likeness (QED) is 0.189. The van der Waals surface area contributed by atoms with Gasteiger partial charge in [0.1, 0.15) is 16.4 Å². The second kappa shape index (κ2) is 15.6. The van der Waals surface area contributed by atoms with Gasteiger partial charge in [0, 0.05) is 32.3 Å². The number of nitrogens with zero attached hydrogens (tertiary/aromatic N) is 2. The molecule has 0 bridgehead atoms. The second-order valence-corrected chi connectivity index (χ2v) is 16.7. The Labute approximate surface area is 273 Å². The Morgan fingerprint density at radius 1 is 0.891 bits per heavy atom. The summed E-state index contributed by atoms with van der Waals surface area (Å²) in [6.45, 7) is 13.5. The Morgan fingerprint density at radius 2 is 1.50 bits per heavy atom. The van der Waals surface area contributed by atoms with Crippen LogP contribution in [0.5, 0.6) is 0 Å². The molecule has 2 unspecified atom stereocenters. The van der Waals surface area contributed by atoms with Crippen molar-refractivity contribution < 1.29 is 38.1 Å². The van der Waals surface area contributed by atoms with E-state index in [1.807, 2.05) is 30.3 Å². The van der Waals surface area contributed by atoms with Gasteiger partial charge in [0.15, 0.2) is 0 Å². The number of unbranched alkanes of at least 4 members (excludes halogenated alkanes) is 1. The molecule has 2 amide bonds. The lowest BCUT2D eigenvalue weighted by Crippen LogP contribution is -2.44. The first-order valence-corrected chi connectivity index (χ1v) is 17.9. The monoisotopic (exact) mass is 658 g/mol. The summed E-state index contributed by atoms with van der Waals surface area (Å²) in [6.07, 6.45) is -0.756. The van der Waals surface area contributed by atoms with Crippen LogP contribution in [-0.2, 0) is 29.9 Å². The van der Waals surface area contributed by atoms with Crippen LogP contribution in [0.25, 0.3) is 11.1 Å². The smallest absolute Gasteiger partial charge is 0.419 e. The Balaban J connectivity index is 1.76. The number of hydrogen-bond acceptors (Lipinski definition) is 8. The molecule has 2 atom stereocenters.